The van der Waals surface area contributed by atoms with Crippen LogP contribution in [0.15, 0.2) is 97.1 Å². The van der Waals surface area contributed by atoms with Crippen LogP contribution in [0.1, 0.15) is 18.4 Å². The zero-order valence-corrected chi connectivity index (χ0v) is 19.2. The molecule has 3 aliphatic heterocycles. The van der Waals surface area contributed by atoms with Gasteiger partial charge < -0.3 is 4.57 Å². The van der Waals surface area contributed by atoms with E-state index < -0.39 is 0 Å². The summed E-state index contributed by atoms with van der Waals surface area (Å²) in [7, 11) is 2.41. The first kappa shape index (κ1) is 17.6. The number of hydrogen-bond acceptors (Lipinski definition) is 0. The normalized spacial score (nSPS) is 26.2. The second-order valence-corrected chi connectivity index (χ2v) is 10.6. The number of para-hydroxylation sites is 3. The van der Waals surface area contributed by atoms with Gasteiger partial charge in [-0.25, -0.2) is 4.48 Å². The van der Waals surface area contributed by atoms with Crippen molar-refractivity contribution in [2.24, 2.45) is 0 Å². The number of fused-ring (bicyclic) bond motifs is 14. The molecule has 0 radical (unpaired) electrons. The van der Waals surface area contributed by atoms with Crippen LogP contribution >= 0.6 is 0 Å². The van der Waals surface area contributed by atoms with Crippen molar-refractivity contribution in [1.29, 1.82) is 0 Å². The maximum Gasteiger partial charge on any atom is 0.160 e. The number of nitrogens with zero attached hydrogens (tertiary/aromatic N) is 2. The molecule has 2 heteroatoms. The van der Waals surface area contributed by atoms with Crippen LogP contribution in [0.5, 0.6) is 0 Å². The van der Waals surface area contributed by atoms with Gasteiger partial charge >= 0.3 is 0 Å². The number of benzene rings is 4. The van der Waals surface area contributed by atoms with Crippen LogP contribution in [-0.2, 0) is 5.54 Å². The van der Waals surface area contributed by atoms with Gasteiger partial charge in [0.2, 0.25) is 0 Å². The molecule has 0 spiro atoms. The summed E-state index contributed by atoms with van der Waals surface area (Å²) in [4.78, 5) is 0. The summed E-state index contributed by atoms with van der Waals surface area (Å²) in [6, 6.07) is 27.2. The lowest BCUT2D eigenvalue weighted by Gasteiger charge is -2.33. The van der Waals surface area contributed by atoms with Crippen molar-refractivity contribution >= 4 is 38.9 Å². The lowest BCUT2D eigenvalue weighted by atomic mass is 9.76. The standard InChI is InChI=1S/C32H23N2/c1-32-18-10-9-14-22(32)29-28-21-13-5-8-17-25(21)34(2)24-16-7-4-12-20(24)27(31(28)34)26-19-11-3-6-15-23(19)33(32)30(26)29/h3-18,22H,1-2H3/q+1. The van der Waals surface area contributed by atoms with Crippen molar-refractivity contribution in [3.63, 3.8) is 0 Å². The molecule has 3 unspecified atom stereocenters. The third-order valence-electron chi connectivity index (χ3n) is 9.15. The fourth-order valence-corrected chi connectivity index (χ4v) is 7.87. The van der Waals surface area contributed by atoms with Gasteiger partial charge in [-0.05, 0) is 25.1 Å². The van der Waals surface area contributed by atoms with Crippen molar-refractivity contribution in [3.8, 4) is 22.3 Å². The van der Waals surface area contributed by atoms with Crippen LogP contribution in [0.2, 0.25) is 0 Å². The predicted octanol–water partition coefficient (Wildman–Crippen LogP) is 8.29. The quantitative estimate of drug-likeness (QED) is 0.216. The number of hydrogen-bond donors (Lipinski definition) is 0. The van der Waals surface area contributed by atoms with Gasteiger partial charge in [0.25, 0.3) is 0 Å². The fourth-order valence-electron chi connectivity index (χ4n) is 7.87. The summed E-state index contributed by atoms with van der Waals surface area (Å²) >= 11 is 0. The van der Waals surface area contributed by atoms with E-state index in [1.165, 1.54) is 66.7 Å². The minimum absolute atomic E-state index is 0.107. The molecule has 4 aromatic carbocycles. The molecule has 160 valence electrons. The Balaban J connectivity index is 1.65. The van der Waals surface area contributed by atoms with Crippen LogP contribution < -0.4 is 4.48 Å². The molecule has 34 heavy (non-hydrogen) atoms. The van der Waals surface area contributed by atoms with E-state index in [4.69, 9.17) is 0 Å². The Hall–Kier alpha value is -3.88. The minimum atomic E-state index is -0.107. The van der Waals surface area contributed by atoms with E-state index >= 15 is 0 Å². The highest BCUT2D eigenvalue weighted by Gasteiger charge is 2.56. The molecule has 0 fully saturated rings. The molecule has 9 rings (SSSR count). The first-order chi connectivity index (χ1) is 16.7. The van der Waals surface area contributed by atoms with Crippen molar-refractivity contribution < 1.29 is 0 Å². The van der Waals surface area contributed by atoms with Gasteiger partial charge in [-0.3, -0.25) is 0 Å². The highest BCUT2D eigenvalue weighted by atomic mass is 15.4. The molecule has 1 aliphatic carbocycles. The number of allylic oxidation sites excluding steroid dienone is 4. The molecule has 1 aromatic heterocycles. The van der Waals surface area contributed by atoms with Crippen molar-refractivity contribution in [2.45, 2.75) is 18.4 Å². The van der Waals surface area contributed by atoms with Crippen LogP contribution in [0, 0.1) is 0 Å². The Morgan fingerprint density at radius 3 is 2.26 bits per heavy atom. The van der Waals surface area contributed by atoms with Gasteiger partial charge in [-0.1, -0.05) is 66.8 Å². The van der Waals surface area contributed by atoms with Crippen molar-refractivity contribution in [3.05, 3.63) is 103 Å². The molecule has 5 aromatic rings. The van der Waals surface area contributed by atoms with Gasteiger partial charge in [0.15, 0.2) is 17.1 Å². The first-order valence-corrected chi connectivity index (χ1v) is 12.2. The smallest absolute Gasteiger partial charge is 0.160 e. The lowest BCUT2D eigenvalue weighted by molar-refractivity contribution is 0.414. The molecule has 2 nitrogen and oxygen atoms in total. The van der Waals surface area contributed by atoms with Gasteiger partial charge in [0.05, 0.1) is 34.8 Å². The van der Waals surface area contributed by atoms with E-state index in [0.717, 1.165) is 4.48 Å². The molecule has 4 aliphatic rings. The zero-order chi connectivity index (χ0) is 22.4. The Labute approximate surface area is 198 Å². The minimum Gasteiger partial charge on any atom is -0.330 e. The van der Waals surface area contributed by atoms with Gasteiger partial charge in [-0.15, -0.1) is 0 Å². The predicted molar refractivity (Wildman–Crippen MR) is 142 cm³/mol. The number of aromatic nitrogens is 1. The summed E-state index contributed by atoms with van der Waals surface area (Å²) in [5.41, 5.74) is 14.1. The Kier molecular flexibility index (Phi) is 2.72. The highest BCUT2D eigenvalue weighted by molar-refractivity contribution is 6.28. The molecule has 4 heterocycles. The van der Waals surface area contributed by atoms with Gasteiger partial charge in [-0.2, -0.15) is 0 Å². The molecule has 0 saturated heterocycles. The Bertz CT molecular complexity index is 1850. The summed E-state index contributed by atoms with van der Waals surface area (Å²) < 4.78 is 3.42. The second-order valence-electron chi connectivity index (χ2n) is 10.6. The van der Waals surface area contributed by atoms with E-state index in [1.54, 1.807) is 0 Å². The van der Waals surface area contributed by atoms with Crippen LogP contribution in [0.3, 0.4) is 0 Å². The van der Waals surface area contributed by atoms with Gasteiger partial charge in [0, 0.05) is 45.5 Å². The maximum atomic E-state index is 2.65. The van der Waals surface area contributed by atoms with Crippen molar-refractivity contribution in [1.82, 2.24) is 9.05 Å². The molecule has 0 N–H and O–H groups in total. The second kappa shape index (κ2) is 5.27. The number of rotatable bonds is 0. The summed E-state index contributed by atoms with van der Waals surface area (Å²) in [6.45, 7) is 2.42. The fraction of sp³-hybridized carbons (Fsp3) is 0.125. The topological polar surface area (TPSA) is 4.93 Å². The molecule has 0 amide bonds. The highest BCUT2D eigenvalue weighted by Crippen LogP contribution is 2.71. The lowest BCUT2D eigenvalue weighted by Crippen LogP contribution is -2.30. The summed E-state index contributed by atoms with van der Waals surface area (Å²) in [5, 5.41) is 2.81. The molecular formula is C32H23N2+. The summed E-state index contributed by atoms with van der Waals surface area (Å²) in [5.74, 6) is 0.322. The van der Waals surface area contributed by atoms with E-state index in [1.807, 2.05) is 0 Å². The SMILES string of the molecule is CC12C=CC=CC1c1c3c4c(c5c6ccccc6n2c15)-c1ccccc1[N+]4(C)c1ccccc1-3. The molecule has 3 atom stereocenters. The van der Waals surface area contributed by atoms with Crippen molar-refractivity contribution in [2.75, 3.05) is 7.05 Å². The Morgan fingerprint density at radius 2 is 1.47 bits per heavy atom. The van der Waals surface area contributed by atoms with E-state index in [9.17, 15) is 0 Å². The first-order valence-electron chi connectivity index (χ1n) is 12.2. The van der Waals surface area contributed by atoms with Gasteiger partial charge in [0.1, 0.15) is 0 Å². The van der Waals surface area contributed by atoms with Crippen LogP contribution in [-0.4, -0.2) is 11.6 Å². The monoisotopic (exact) mass is 435 g/mol. The van der Waals surface area contributed by atoms with Crippen LogP contribution in [0.25, 0.3) is 44.1 Å². The third kappa shape index (κ3) is 1.56. The summed E-state index contributed by atoms with van der Waals surface area (Å²) in [6.07, 6.45) is 9.34. The zero-order valence-electron chi connectivity index (χ0n) is 19.2. The molecule has 0 saturated carbocycles. The average Bonchev–Trinajstić information content (AvgIpc) is 3.53. The third-order valence-corrected chi connectivity index (χ3v) is 9.15. The largest absolute Gasteiger partial charge is 0.330 e. The van der Waals surface area contributed by atoms with E-state index in [2.05, 4.69) is 116 Å². The molecular weight excluding hydrogens is 412 g/mol. The Morgan fingerprint density at radius 1 is 0.794 bits per heavy atom. The molecule has 0 bridgehead atoms. The average molecular weight is 436 g/mol. The number of quaternary nitrogens is 1. The van der Waals surface area contributed by atoms with Crippen LogP contribution in [0.4, 0.5) is 17.1 Å². The van der Waals surface area contributed by atoms with E-state index in [-0.39, 0.29) is 5.54 Å². The maximum absolute atomic E-state index is 2.65. The van der Waals surface area contributed by atoms with E-state index in [0.29, 0.717) is 5.92 Å².